The highest BCUT2D eigenvalue weighted by molar-refractivity contribution is 5.93. The minimum atomic E-state index is -1.16. The smallest absolute Gasteiger partial charge is 0.356 e. The minimum Gasteiger partial charge on any atom is -0.476 e. The number of hydrogen-bond acceptors (Lipinski definition) is 5. The molecule has 1 heterocycles. The molecular weight excluding hydrogens is 298 g/mol. The number of amides is 1. The lowest BCUT2D eigenvalue weighted by Crippen LogP contribution is -2.67. The van der Waals surface area contributed by atoms with Gasteiger partial charge in [0.2, 0.25) is 0 Å². The Bertz CT molecular complexity index is 612. The summed E-state index contributed by atoms with van der Waals surface area (Å²) < 4.78 is 5.81. The molecular formula is C16H21N3O4. The lowest BCUT2D eigenvalue weighted by Gasteiger charge is -2.63. The molecule has 2 unspecified atom stereocenters. The molecule has 2 saturated carbocycles. The summed E-state index contributed by atoms with van der Waals surface area (Å²) in [7, 11) is 1.78. The summed E-state index contributed by atoms with van der Waals surface area (Å²) in [5, 5.41) is 8.83. The number of nitrogens with zero attached hydrogens (tertiary/aromatic N) is 3. The van der Waals surface area contributed by atoms with Gasteiger partial charge in [-0.3, -0.25) is 4.79 Å². The van der Waals surface area contributed by atoms with E-state index in [2.05, 4.69) is 9.97 Å². The molecule has 0 radical (unpaired) electrons. The molecule has 2 fully saturated rings. The van der Waals surface area contributed by atoms with Gasteiger partial charge in [-0.15, -0.1) is 0 Å². The third kappa shape index (κ3) is 2.49. The molecule has 0 aliphatic heterocycles. The molecule has 23 heavy (non-hydrogen) atoms. The molecule has 0 bridgehead atoms. The number of ether oxygens (including phenoxy) is 1. The van der Waals surface area contributed by atoms with Crippen molar-refractivity contribution in [1.82, 2.24) is 14.9 Å². The Balaban J connectivity index is 1.71. The number of carboxylic acids is 1. The van der Waals surface area contributed by atoms with Crippen molar-refractivity contribution in [3.8, 4) is 0 Å². The van der Waals surface area contributed by atoms with Crippen LogP contribution in [0.4, 0.5) is 0 Å². The second-order valence-corrected chi connectivity index (χ2v) is 6.29. The van der Waals surface area contributed by atoms with E-state index in [-0.39, 0.29) is 34.9 Å². The van der Waals surface area contributed by atoms with Gasteiger partial charge in [-0.25, -0.2) is 14.8 Å². The van der Waals surface area contributed by atoms with E-state index in [1.54, 1.807) is 11.9 Å². The van der Waals surface area contributed by atoms with Crippen molar-refractivity contribution in [1.29, 1.82) is 0 Å². The summed E-state index contributed by atoms with van der Waals surface area (Å²) in [5.74, 6) is -1.38. The van der Waals surface area contributed by atoms with Crippen molar-refractivity contribution >= 4 is 11.9 Å². The van der Waals surface area contributed by atoms with E-state index in [9.17, 15) is 9.59 Å². The maximum Gasteiger partial charge on any atom is 0.356 e. The highest BCUT2D eigenvalue weighted by Gasteiger charge is 2.61. The number of aromatic nitrogens is 2. The number of aromatic carboxylic acids is 1. The molecule has 7 nitrogen and oxygen atoms in total. The molecule has 1 amide bonds. The van der Waals surface area contributed by atoms with E-state index in [1.165, 1.54) is 12.6 Å². The average molecular weight is 319 g/mol. The second kappa shape index (κ2) is 5.88. The first-order valence-electron chi connectivity index (χ1n) is 7.93. The zero-order chi connectivity index (χ0) is 16.6. The Morgan fingerprint density at radius 2 is 2.00 bits per heavy atom. The van der Waals surface area contributed by atoms with Gasteiger partial charge in [0.15, 0.2) is 5.69 Å². The standard InChI is InChI=1S/C16H21N3O4/c1-3-23-13-7-12(16(13)5-4-6-16)19(2)14(20)10-8-18-11(9-17-10)15(21)22/h8-9,12-13H,3-7H2,1-2H3,(H,21,22). The molecule has 0 aromatic carbocycles. The fourth-order valence-electron chi connectivity index (χ4n) is 3.82. The second-order valence-electron chi connectivity index (χ2n) is 6.29. The quantitative estimate of drug-likeness (QED) is 0.886. The van der Waals surface area contributed by atoms with Gasteiger partial charge in [-0.05, 0) is 26.2 Å². The molecule has 1 aromatic rings. The third-order valence-corrected chi connectivity index (χ3v) is 5.27. The van der Waals surface area contributed by atoms with Crippen molar-refractivity contribution in [2.24, 2.45) is 5.41 Å². The molecule has 0 saturated heterocycles. The minimum absolute atomic E-state index is 0.0921. The molecule has 1 N–H and O–H groups in total. The Morgan fingerprint density at radius 3 is 2.48 bits per heavy atom. The predicted octanol–water partition coefficient (Wildman–Crippen LogP) is 1.59. The van der Waals surface area contributed by atoms with Gasteiger partial charge in [-0.2, -0.15) is 0 Å². The van der Waals surface area contributed by atoms with Crippen molar-refractivity contribution < 1.29 is 19.4 Å². The SMILES string of the molecule is CCOC1CC(N(C)C(=O)c2cnc(C(=O)O)cn2)C12CCC2. The van der Waals surface area contributed by atoms with Crippen molar-refractivity contribution in [3.63, 3.8) is 0 Å². The van der Waals surface area contributed by atoms with Crippen molar-refractivity contribution in [2.45, 2.75) is 44.8 Å². The first-order valence-corrected chi connectivity index (χ1v) is 7.93. The van der Waals surface area contributed by atoms with Crippen LogP contribution >= 0.6 is 0 Å². The fourth-order valence-corrected chi connectivity index (χ4v) is 3.82. The lowest BCUT2D eigenvalue weighted by molar-refractivity contribution is -0.192. The van der Waals surface area contributed by atoms with Gasteiger partial charge >= 0.3 is 5.97 Å². The van der Waals surface area contributed by atoms with E-state index >= 15 is 0 Å². The highest BCUT2D eigenvalue weighted by atomic mass is 16.5. The topological polar surface area (TPSA) is 92.6 Å². The Labute approximate surface area is 134 Å². The maximum atomic E-state index is 12.6. The Kier molecular flexibility index (Phi) is 4.06. The Hall–Kier alpha value is -2.02. The molecule has 2 atom stereocenters. The summed E-state index contributed by atoms with van der Waals surface area (Å²) in [6.45, 7) is 2.69. The summed E-state index contributed by atoms with van der Waals surface area (Å²) in [6, 6.07) is 0.154. The van der Waals surface area contributed by atoms with Crippen LogP contribution in [0.25, 0.3) is 0 Å². The summed E-state index contributed by atoms with van der Waals surface area (Å²) >= 11 is 0. The molecule has 2 aliphatic carbocycles. The first kappa shape index (κ1) is 15.9. The van der Waals surface area contributed by atoms with Crippen LogP contribution in [0.15, 0.2) is 12.4 Å². The monoisotopic (exact) mass is 319 g/mol. The van der Waals surface area contributed by atoms with Crippen LogP contribution < -0.4 is 0 Å². The third-order valence-electron chi connectivity index (χ3n) is 5.27. The zero-order valence-electron chi connectivity index (χ0n) is 13.4. The number of carbonyl (C=O) groups excluding carboxylic acids is 1. The van der Waals surface area contributed by atoms with Crippen molar-refractivity contribution in [3.05, 3.63) is 23.8 Å². The van der Waals surface area contributed by atoms with Crippen LogP contribution in [0.2, 0.25) is 0 Å². The zero-order valence-corrected chi connectivity index (χ0v) is 13.4. The van der Waals surface area contributed by atoms with Crippen LogP contribution in [0.5, 0.6) is 0 Å². The molecule has 3 rings (SSSR count). The normalized spacial score (nSPS) is 24.6. The average Bonchev–Trinajstić information content (AvgIpc) is 2.48. The maximum absolute atomic E-state index is 12.6. The van der Waals surface area contributed by atoms with Gasteiger partial charge < -0.3 is 14.7 Å². The van der Waals surface area contributed by atoms with E-state index < -0.39 is 5.97 Å². The van der Waals surface area contributed by atoms with Crippen molar-refractivity contribution in [2.75, 3.05) is 13.7 Å². The molecule has 1 aromatic heterocycles. The molecule has 2 aliphatic rings. The summed E-state index contributed by atoms with van der Waals surface area (Å²) in [4.78, 5) is 32.8. The fraction of sp³-hybridized carbons (Fsp3) is 0.625. The van der Waals surface area contributed by atoms with Gasteiger partial charge in [-0.1, -0.05) is 6.42 Å². The van der Waals surface area contributed by atoms with E-state index in [1.807, 2.05) is 6.92 Å². The van der Waals surface area contributed by atoms with Crippen LogP contribution in [0.3, 0.4) is 0 Å². The van der Waals surface area contributed by atoms with Gasteiger partial charge in [0.1, 0.15) is 5.69 Å². The molecule has 1 spiro atoms. The van der Waals surface area contributed by atoms with Crippen LogP contribution in [0.1, 0.15) is 53.6 Å². The van der Waals surface area contributed by atoms with E-state index in [4.69, 9.17) is 9.84 Å². The highest BCUT2D eigenvalue weighted by Crippen LogP contribution is 2.58. The van der Waals surface area contributed by atoms with Gasteiger partial charge in [0.25, 0.3) is 5.91 Å². The lowest BCUT2D eigenvalue weighted by atomic mass is 9.50. The van der Waals surface area contributed by atoms with Crippen LogP contribution in [0, 0.1) is 5.41 Å². The van der Waals surface area contributed by atoms with E-state index in [0.29, 0.717) is 6.61 Å². The number of rotatable bonds is 5. The van der Waals surface area contributed by atoms with Gasteiger partial charge in [0, 0.05) is 25.1 Å². The summed E-state index contributed by atoms with van der Waals surface area (Å²) in [5.41, 5.74) is 0.0982. The number of carbonyl (C=O) groups is 2. The number of hydrogen-bond donors (Lipinski definition) is 1. The van der Waals surface area contributed by atoms with E-state index in [0.717, 1.165) is 25.5 Å². The largest absolute Gasteiger partial charge is 0.476 e. The predicted molar refractivity (Wildman–Crippen MR) is 81.2 cm³/mol. The molecule has 7 heteroatoms. The number of carboxylic acid groups (broad SMARTS) is 1. The van der Waals surface area contributed by atoms with Gasteiger partial charge in [0.05, 0.1) is 18.5 Å². The summed E-state index contributed by atoms with van der Waals surface area (Å²) in [6.07, 6.45) is 6.78. The van der Waals surface area contributed by atoms with Crippen LogP contribution in [-0.2, 0) is 4.74 Å². The molecule has 124 valence electrons. The Morgan fingerprint density at radius 1 is 1.35 bits per heavy atom. The first-order chi connectivity index (χ1) is 11.0. The van der Waals surface area contributed by atoms with Crippen LogP contribution in [-0.4, -0.2) is 57.7 Å².